The number of carbonyl (C=O) groups excluding carboxylic acids is 1. The van der Waals surface area contributed by atoms with Crippen LogP contribution in [0.3, 0.4) is 0 Å². The van der Waals surface area contributed by atoms with Gasteiger partial charge < -0.3 is 25.0 Å². The molecule has 1 aromatic heterocycles. The second-order valence-corrected chi connectivity index (χ2v) is 8.41. The third-order valence-electron chi connectivity index (χ3n) is 5.63. The lowest BCUT2D eigenvalue weighted by Crippen LogP contribution is -2.46. The zero-order valence-electron chi connectivity index (χ0n) is 18.3. The van der Waals surface area contributed by atoms with E-state index in [2.05, 4.69) is 10.3 Å². The molecule has 0 spiro atoms. The Kier molecular flexibility index (Phi) is 6.83. The van der Waals surface area contributed by atoms with Gasteiger partial charge in [0.05, 0.1) is 32.8 Å². The zero-order valence-corrected chi connectivity index (χ0v) is 19.1. The molecule has 34 heavy (non-hydrogen) atoms. The van der Waals surface area contributed by atoms with Gasteiger partial charge in [-0.3, -0.25) is 9.59 Å². The molecule has 2 aromatic carbocycles. The van der Waals surface area contributed by atoms with Crippen molar-refractivity contribution in [2.24, 2.45) is 0 Å². The van der Waals surface area contributed by atoms with Crippen LogP contribution < -0.4 is 10.1 Å². The molecular formula is C25H23ClN2O6. The highest BCUT2D eigenvalue weighted by Gasteiger charge is 2.38. The lowest BCUT2D eigenvalue weighted by Gasteiger charge is -2.36. The molecule has 3 aromatic rings. The second kappa shape index (κ2) is 9.80. The molecule has 1 unspecified atom stereocenters. The summed E-state index contributed by atoms with van der Waals surface area (Å²) < 4.78 is 10.6. The van der Waals surface area contributed by atoms with E-state index in [1.54, 1.807) is 54.6 Å². The number of amides is 1. The number of nitrogens with zero attached hydrogens (tertiary/aromatic N) is 1. The number of aliphatic carboxylic acids is 1. The van der Waals surface area contributed by atoms with Gasteiger partial charge in [0.15, 0.2) is 0 Å². The van der Waals surface area contributed by atoms with Crippen molar-refractivity contribution in [1.29, 1.82) is 0 Å². The van der Waals surface area contributed by atoms with E-state index < -0.39 is 23.5 Å². The number of nitrogens with one attached hydrogen (secondary N) is 1. The van der Waals surface area contributed by atoms with E-state index in [0.717, 1.165) is 0 Å². The molecule has 0 bridgehead atoms. The van der Waals surface area contributed by atoms with Crippen molar-refractivity contribution in [3.05, 3.63) is 82.5 Å². The molecule has 0 aliphatic carbocycles. The molecule has 3 N–H and O–H groups in total. The third-order valence-corrected chi connectivity index (χ3v) is 5.97. The molecule has 1 saturated heterocycles. The third kappa shape index (κ3) is 4.89. The maximum absolute atomic E-state index is 13.1. The summed E-state index contributed by atoms with van der Waals surface area (Å²) in [6.45, 7) is 0.410. The molecular weight excluding hydrogens is 460 g/mol. The van der Waals surface area contributed by atoms with Crippen LogP contribution in [0.1, 0.15) is 34.1 Å². The summed E-state index contributed by atoms with van der Waals surface area (Å²) in [5, 5.41) is 23.0. The van der Waals surface area contributed by atoms with E-state index in [1.807, 2.05) is 0 Å². The smallest absolute Gasteiger partial charge is 0.305 e. The van der Waals surface area contributed by atoms with Gasteiger partial charge in [0.2, 0.25) is 0 Å². The highest BCUT2D eigenvalue weighted by atomic mass is 35.5. The molecule has 1 fully saturated rings. The van der Waals surface area contributed by atoms with Crippen molar-refractivity contribution in [3.63, 3.8) is 0 Å². The van der Waals surface area contributed by atoms with Crippen LogP contribution >= 0.6 is 11.6 Å². The van der Waals surface area contributed by atoms with Crippen molar-refractivity contribution in [2.75, 3.05) is 20.3 Å². The minimum atomic E-state index is -1.08. The summed E-state index contributed by atoms with van der Waals surface area (Å²) in [5.41, 5.74) is 1.25. The maximum atomic E-state index is 13.1. The van der Waals surface area contributed by atoms with Gasteiger partial charge in [0.25, 0.3) is 5.91 Å². The van der Waals surface area contributed by atoms with Crippen LogP contribution in [-0.4, -0.2) is 47.4 Å². The number of carboxylic acids is 1. The number of carboxylic acid groups (broad SMARTS) is 1. The van der Waals surface area contributed by atoms with Gasteiger partial charge in [-0.25, -0.2) is 4.98 Å². The van der Waals surface area contributed by atoms with Crippen LogP contribution in [-0.2, 0) is 15.1 Å². The standard InChI is InChI=1S/C25H23ClN2O6/c1-33-21-10-9-19(24(31)28-20(12-22(29)30)17-7-2-3-8-18(17)26)27-23(21)15-5-4-6-16(11-15)25(32)13-34-14-25/h2-11,20,32H,12-14H2,1H3,(H,28,31)(H,29,30). The van der Waals surface area contributed by atoms with Crippen LogP contribution in [0.2, 0.25) is 5.02 Å². The number of ether oxygens (including phenoxy) is 2. The molecule has 1 aliphatic heterocycles. The molecule has 2 heterocycles. The Labute approximate surface area is 201 Å². The minimum absolute atomic E-state index is 0.0781. The number of carbonyl (C=O) groups is 2. The average molecular weight is 483 g/mol. The van der Waals surface area contributed by atoms with E-state index in [1.165, 1.54) is 13.2 Å². The van der Waals surface area contributed by atoms with Crippen molar-refractivity contribution in [1.82, 2.24) is 10.3 Å². The monoisotopic (exact) mass is 482 g/mol. The van der Waals surface area contributed by atoms with Crippen LogP contribution in [0.15, 0.2) is 60.7 Å². The summed E-state index contributed by atoms with van der Waals surface area (Å²) >= 11 is 6.24. The van der Waals surface area contributed by atoms with Crippen LogP contribution in [0, 0.1) is 0 Å². The van der Waals surface area contributed by atoms with Gasteiger partial charge >= 0.3 is 5.97 Å². The highest BCUT2D eigenvalue weighted by Crippen LogP contribution is 2.34. The van der Waals surface area contributed by atoms with E-state index in [0.29, 0.717) is 33.2 Å². The topological polar surface area (TPSA) is 118 Å². The van der Waals surface area contributed by atoms with Gasteiger partial charge in [0, 0.05) is 10.6 Å². The van der Waals surface area contributed by atoms with E-state index in [9.17, 15) is 19.8 Å². The van der Waals surface area contributed by atoms with Crippen molar-refractivity contribution in [2.45, 2.75) is 18.1 Å². The highest BCUT2D eigenvalue weighted by molar-refractivity contribution is 6.31. The zero-order chi connectivity index (χ0) is 24.3. The van der Waals surface area contributed by atoms with Gasteiger partial charge in [-0.15, -0.1) is 0 Å². The van der Waals surface area contributed by atoms with Gasteiger partial charge in [-0.1, -0.05) is 48.0 Å². The number of pyridine rings is 1. The predicted octanol–water partition coefficient (Wildman–Crippen LogP) is 3.57. The SMILES string of the molecule is COc1ccc(C(=O)NC(CC(=O)O)c2ccccc2Cl)nc1-c1cccc(C2(O)COC2)c1. The Morgan fingerprint density at radius 3 is 2.59 bits per heavy atom. The first kappa shape index (κ1) is 23.7. The number of rotatable bonds is 8. The lowest BCUT2D eigenvalue weighted by molar-refractivity contribution is -0.184. The molecule has 9 heteroatoms. The summed E-state index contributed by atoms with van der Waals surface area (Å²) in [7, 11) is 1.50. The molecule has 1 aliphatic rings. The number of hydrogen-bond acceptors (Lipinski definition) is 6. The van der Waals surface area contributed by atoms with Crippen LogP contribution in [0.25, 0.3) is 11.3 Å². The Morgan fingerprint density at radius 2 is 1.94 bits per heavy atom. The first-order valence-electron chi connectivity index (χ1n) is 10.5. The largest absolute Gasteiger partial charge is 0.494 e. The van der Waals surface area contributed by atoms with Crippen LogP contribution in [0.4, 0.5) is 0 Å². The van der Waals surface area contributed by atoms with Crippen molar-refractivity contribution >= 4 is 23.5 Å². The van der Waals surface area contributed by atoms with Gasteiger partial charge in [-0.05, 0) is 35.4 Å². The van der Waals surface area contributed by atoms with E-state index in [4.69, 9.17) is 21.1 Å². The molecule has 8 nitrogen and oxygen atoms in total. The van der Waals surface area contributed by atoms with E-state index in [-0.39, 0.29) is 25.3 Å². The Balaban J connectivity index is 1.66. The summed E-state index contributed by atoms with van der Waals surface area (Å²) in [5.74, 6) is -1.20. The fourth-order valence-electron chi connectivity index (χ4n) is 3.77. The Hall–Kier alpha value is -3.46. The summed E-state index contributed by atoms with van der Waals surface area (Å²) in [4.78, 5) is 29.0. The van der Waals surface area contributed by atoms with Gasteiger partial charge in [-0.2, -0.15) is 0 Å². The summed E-state index contributed by atoms with van der Waals surface area (Å²) in [6.07, 6.45) is -0.346. The number of benzene rings is 2. The Bertz CT molecular complexity index is 1230. The second-order valence-electron chi connectivity index (χ2n) is 8.00. The number of hydrogen-bond donors (Lipinski definition) is 3. The predicted molar refractivity (Wildman–Crippen MR) is 125 cm³/mol. The molecule has 1 amide bonds. The molecule has 176 valence electrons. The van der Waals surface area contributed by atoms with Crippen molar-refractivity contribution < 1.29 is 29.3 Å². The molecule has 0 saturated carbocycles. The quantitative estimate of drug-likeness (QED) is 0.449. The minimum Gasteiger partial charge on any atom is -0.494 e. The summed E-state index contributed by atoms with van der Waals surface area (Å²) in [6, 6.07) is 16.2. The number of aromatic nitrogens is 1. The van der Waals surface area contributed by atoms with E-state index >= 15 is 0 Å². The first-order chi connectivity index (χ1) is 16.3. The fraction of sp³-hybridized carbons (Fsp3) is 0.240. The maximum Gasteiger partial charge on any atom is 0.305 e. The van der Waals surface area contributed by atoms with Gasteiger partial charge in [0.1, 0.15) is 22.7 Å². The average Bonchev–Trinajstić information content (AvgIpc) is 2.81. The molecule has 0 radical (unpaired) electrons. The lowest BCUT2D eigenvalue weighted by atomic mass is 9.90. The fourth-order valence-corrected chi connectivity index (χ4v) is 4.03. The first-order valence-corrected chi connectivity index (χ1v) is 10.9. The number of aliphatic hydroxyl groups is 1. The molecule has 1 atom stereocenters. The Morgan fingerprint density at radius 1 is 1.18 bits per heavy atom. The van der Waals surface area contributed by atoms with Crippen LogP contribution in [0.5, 0.6) is 5.75 Å². The normalized spacial score (nSPS) is 15.1. The van der Waals surface area contributed by atoms with Crippen molar-refractivity contribution in [3.8, 4) is 17.0 Å². The number of halogens is 1. The molecule has 4 rings (SSSR count). The number of methoxy groups -OCH3 is 1.